The van der Waals surface area contributed by atoms with Crippen LogP contribution in [0.3, 0.4) is 0 Å². The van der Waals surface area contributed by atoms with E-state index in [0.29, 0.717) is 43.6 Å². The summed E-state index contributed by atoms with van der Waals surface area (Å²) < 4.78 is 0. The number of ketones is 1. The van der Waals surface area contributed by atoms with Crippen molar-refractivity contribution >= 4 is 17.6 Å². The fraction of sp³-hybridized carbons (Fsp3) is 0.893. The van der Waals surface area contributed by atoms with Crippen molar-refractivity contribution in [1.82, 2.24) is 14.7 Å². The maximum Gasteiger partial charge on any atom is 0.245 e. The molecule has 0 spiro atoms. The minimum Gasteiger partial charge on any atom is -0.341 e. The average molecular weight is 476 g/mol. The molecule has 1 unspecified atom stereocenters. The van der Waals surface area contributed by atoms with Crippen LogP contribution >= 0.6 is 0 Å². The number of Topliss-reactive ketones (excluding diaryl/α,β-unsaturated/α-hetero) is 1. The van der Waals surface area contributed by atoms with Crippen LogP contribution in [0.5, 0.6) is 0 Å². The summed E-state index contributed by atoms with van der Waals surface area (Å²) in [6.45, 7) is 15.9. The van der Waals surface area contributed by atoms with Gasteiger partial charge < -0.3 is 14.7 Å². The zero-order valence-electron chi connectivity index (χ0n) is 22.4. The highest BCUT2D eigenvalue weighted by Crippen LogP contribution is 2.34. The lowest BCUT2D eigenvalue weighted by Gasteiger charge is -2.43. The van der Waals surface area contributed by atoms with E-state index in [0.717, 1.165) is 25.9 Å². The number of carbonyl (C=O) groups is 3. The van der Waals surface area contributed by atoms with E-state index in [4.69, 9.17) is 0 Å². The molecule has 0 radical (unpaired) electrons. The minimum absolute atomic E-state index is 0.0275. The summed E-state index contributed by atoms with van der Waals surface area (Å²) in [5.74, 6) is 1.16. The van der Waals surface area contributed by atoms with E-state index in [1.807, 2.05) is 9.80 Å². The van der Waals surface area contributed by atoms with Gasteiger partial charge in [-0.25, -0.2) is 0 Å². The fourth-order valence-electron chi connectivity index (χ4n) is 6.38. The summed E-state index contributed by atoms with van der Waals surface area (Å²) in [6.07, 6.45) is 8.15. The molecule has 3 heterocycles. The maximum atomic E-state index is 13.8. The molecule has 3 atom stereocenters. The van der Waals surface area contributed by atoms with Gasteiger partial charge in [-0.3, -0.25) is 14.4 Å². The highest BCUT2D eigenvalue weighted by atomic mass is 16.2. The fourth-order valence-corrected chi connectivity index (χ4v) is 6.38. The zero-order valence-corrected chi connectivity index (χ0v) is 22.4. The van der Waals surface area contributed by atoms with E-state index in [1.54, 1.807) is 6.92 Å². The molecule has 34 heavy (non-hydrogen) atoms. The van der Waals surface area contributed by atoms with E-state index in [-0.39, 0.29) is 29.4 Å². The zero-order chi connectivity index (χ0) is 24.8. The first-order valence-corrected chi connectivity index (χ1v) is 14.0. The smallest absolute Gasteiger partial charge is 0.245 e. The highest BCUT2D eigenvalue weighted by Gasteiger charge is 2.44. The molecule has 0 aromatic carbocycles. The Morgan fingerprint density at radius 3 is 2.12 bits per heavy atom. The van der Waals surface area contributed by atoms with Crippen molar-refractivity contribution in [3.8, 4) is 0 Å². The largest absolute Gasteiger partial charge is 0.341 e. The molecule has 3 aliphatic heterocycles. The molecule has 2 amide bonds. The second-order valence-corrected chi connectivity index (χ2v) is 12.0. The Labute approximate surface area is 207 Å². The Hall–Kier alpha value is -1.43. The molecule has 0 bridgehead atoms. The number of likely N-dealkylation sites (tertiary alicyclic amines) is 3. The van der Waals surface area contributed by atoms with E-state index < -0.39 is 6.04 Å². The van der Waals surface area contributed by atoms with Gasteiger partial charge in [0.1, 0.15) is 11.8 Å². The molecule has 3 rings (SSSR count). The van der Waals surface area contributed by atoms with Gasteiger partial charge in [-0.15, -0.1) is 0 Å². The Balaban J connectivity index is 1.63. The van der Waals surface area contributed by atoms with Crippen molar-refractivity contribution in [2.45, 2.75) is 92.0 Å². The second kappa shape index (κ2) is 12.5. The van der Waals surface area contributed by atoms with Crippen LogP contribution in [0.1, 0.15) is 86.0 Å². The second-order valence-electron chi connectivity index (χ2n) is 12.0. The van der Waals surface area contributed by atoms with Crippen molar-refractivity contribution < 1.29 is 14.4 Å². The number of carbonyl (C=O) groups excluding carboxylic acids is 3. The van der Waals surface area contributed by atoms with E-state index >= 15 is 0 Å². The summed E-state index contributed by atoms with van der Waals surface area (Å²) in [4.78, 5) is 46.2. The van der Waals surface area contributed by atoms with Gasteiger partial charge in [0.15, 0.2) is 0 Å². The van der Waals surface area contributed by atoms with Crippen LogP contribution in [0, 0.1) is 29.6 Å². The van der Waals surface area contributed by atoms with Crippen molar-refractivity contribution in [2.75, 3.05) is 39.3 Å². The Kier molecular flexibility index (Phi) is 9.99. The van der Waals surface area contributed by atoms with Crippen LogP contribution in [-0.2, 0) is 14.4 Å². The lowest BCUT2D eigenvalue weighted by atomic mass is 9.77. The quantitative estimate of drug-likeness (QED) is 0.475. The standard InChI is InChI=1S/C28H49N3O3/c1-20(2)18-25-24(22(5)32)11-17-31(27(25)33)26(19-21(3)4)28(34)30-15-9-23(10-16-30)8-14-29-12-6-7-13-29/h20-21,23-26H,6-19H2,1-5H3/t24?,25-,26+/m1/s1. The Bertz CT molecular complexity index is 693. The first kappa shape index (κ1) is 27.2. The van der Waals surface area contributed by atoms with Crippen LogP contribution < -0.4 is 0 Å². The number of hydrogen-bond acceptors (Lipinski definition) is 4. The monoisotopic (exact) mass is 475 g/mol. The van der Waals surface area contributed by atoms with Gasteiger partial charge in [-0.1, -0.05) is 27.7 Å². The number of nitrogens with zero attached hydrogens (tertiary/aromatic N) is 3. The van der Waals surface area contributed by atoms with Crippen molar-refractivity contribution in [3.05, 3.63) is 0 Å². The van der Waals surface area contributed by atoms with Gasteiger partial charge in [-0.05, 0) is 95.7 Å². The Morgan fingerprint density at radius 2 is 1.56 bits per heavy atom. The van der Waals surface area contributed by atoms with E-state index in [2.05, 4.69) is 32.6 Å². The SMILES string of the molecule is CC(=O)C1CCN([C@@H](CC(C)C)C(=O)N2CCC(CCN3CCCC3)CC2)C(=O)[C@@H]1CC(C)C. The van der Waals surface area contributed by atoms with Crippen molar-refractivity contribution in [2.24, 2.45) is 29.6 Å². The summed E-state index contributed by atoms with van der Waals surface area (Å²) >= 11 is 0. The van der Waals surface area contributed by atoms with Crippen LogP contribution in [0.4, 0.5) is 0 Å². The minimum atomic E-state index is -0.392. The first-order chi connectivity index (χ1) is 16.2. The number of rotatable bonds is 10. The topological polar surface area (TPSA) is 60.9 Å². The van der Waals surface area contributed by atoms with Crippen LogP contribution in [0.15, 0.2) is 0 Å². The van der Waals surface area contributed by atoms with Gasteiger partial charge >= 0.3 is 0 Å². The van der Waals surface area contributed by atoms with Gasteiger partial charge in [0.2, 0.25) is 11.8 Å². The third-order valence-corrected chi connectivity index (χ3v) is 8.35. The molecule has 3 fully saturated rings. The Morgan fingerprint density at radius 1 is 0.912 bits per heavy atom. The van der Waals surface area contributed by atoms with Crippen molar-refractivity contribution in [1.29, 1.82) is 0 Å². The molecule has 0 aliphatic carbocycles. The van der Waals surface area contributed by atoms with Crippen LogP contribution in [0.25, 0.3) is 0 Å². The number of piperidine rings is 2. The van der Waals surface area contributed by atoms with E-state index in [1.165, 1.54) is 38.9 Å². The molecule has 3 saturated heterocycles. The predicted molar refractivity (Wildman–Crippen MR) is 136 cm³/mol. The molecule has 0 aromatic heterocycles. The molecule has 0 aromatic rings. The maximum absolute atomic E-state index is 13.8. The third kappa shape index (κ3) is 7.05. The lowest BCUT2D eigenvalue weighted by molar-refractivity contribution is -0.156. The molecule has 0 saturated carbocycles. The third-order valence-electron chi connectivity index (χ3n) is 8.35. The van der Waals surface area contributed by atoms with Gasteiger partial charge in [-0.2, -0.15) is 0 Å². The number of amides is 2. The summed E-state index contributed by atoms with van der Waals surface area (Å²) in [5.41, 5.74) is 0. The molecule has 194 valence electrons. The normalized spacial score (nSPS) is 26.0. The summed E-state index contributed by atoms with van der Waals surface area (Å²) in [7, 11) is 0. The molecule has 6 heteroatoms. The lowest BCUT2D eigenvalue weighted by Crippen LogP contribution is -2.58. The molecule has 3 aliphatic rings. The summed E-state index contributed by atoms with van der Waals surface area (Å²) in [6, 6.07) is -0.392. The summed E-state index contributed by atoms with van der Waals surface area (Å²) in [5, 5.41) is 0. The van der Waals surface area contributed by atoms with Crippen molar-refractivity contribution in [3.63, 3.8) is 0 Å². The molecular weight excluding hydrogens is 426 g/mol. The molecular formula is C28H49N3O3. The van der Waals surface area contributed by atoms with Gasteiger partial charge in [0, 0.05) is 31.5 Å². The van der Waals surface area contributed by atoms with Crippen LogP contribution in [-0.4, -0.2) is 77.6 Å². The molecule has 0 N–H and O–H groups in total. The van der Waals surface area contributed by atoms with Crippen LogP contribution in [0.2, 0.25) is 0 Å². The first-order valence-electron chi connectivity index (χ1n) is 14.0. The number of hydrogen-bond donors (Lipinski definition) is 0. The van der Waals surface area contributed by atoms with Gasteiger partial charge in [0.05, 0.1) is 0 Å². The van der Waals surface area contributed by atoms with Gasteiger partial charge in [0.25, 0.3) is 0 Å². The highest BCUT2D eigenvalue weighted by molar-refractivity contribution is 5.92. The average Bonchev–Trinajstić information content (AvgIpc) is 3.30. The molecule has 6 nitrogen and oxygen atoms in total. The van der Waals surface area contributed by atoms with E-state index in [9.17, 15) is 14.4 Å². The predicted octanol–water partition coefficient (Wildman–Crippen LogP) is 4.23.